The minimum Gasteiger partial charge on any atom is -0.487 e. The average Bonchev–Trinajstić information content (AvgIpc) is 2.45. The van der Waals surface area contributed by atoms with Crippen LogP contribution in [0.1, 0.15) is 57.3 Å². The molecule has 0 bridgehead atoms. The number of aliphatic hydroxyl groups excluding tert-OH is 1. The molecule has 2 aromatic rings. The first-order valence-corrected chi connectivity index (χ1v) is 8.08. The minimum atomic E-state index is -0.588. The van der Waals surface area contributed by atoms with E-state index in [0.717, 1.165) is 28.0 Å². The molecule has 3 heteroatoms. The summed E-state index contributed by atoms with van der Waals surface area (Å²) in [6, 6.07) is 10.5. The molecule has 1 heterocycles. The van der Waals surface area contributed by atoms with Crippen LogP contribution in [-0.4, -0.2) is 10.7 Å². The molecule has 0 saturated heterocycles. The molecule has 1 atom stereocenters. The van der Waals surface area contributed by atoms with E-state index >= 15 is 0 Å². The maximum absolute atomic E-state index is 13.3. The van der Waals surface area contributed by atoms with Crippen molar-refractivity contribution >= 4 is 0 Å². The second-order valence-corrected chi connectivity index (χ2v) is 7.22. The van der Waals surface area contributed by atoms with Crippen LogP contribution in [0.2, 0.25) is 0 Å². The topological polar surface area (TPSA) is 29.5 Å². The Morgan fingerprint density at radius 2 is 1.83 bits per heavy atom. The van der Waals surface area contributed by atoms with Gasteiger partial charge in [0, 0.05) is 12.0 Å². The highest BCUT2D eigenvalue weighted by atomic mass is 19.1. The zero-order valence-electron chi connectivity index (χ0n) is 14.1. The van der Waals surface area contributed by atoms with Gasteiger partial charge in [0.2, 0.25) is 0 Å². The molecule has 2 aromatic carbocycles. The van der Waals surface area contributed by atoms with Crippen molar-refractivity contribution in [3.05, 3.63) is 53.3 Å². The lowest BCUT2D eigenvalue weighted by Crippen LogP contribution is -2.35. The molecule has 3 rings (SSSR count). The van der Waals surface area contributed by atoms with Gasteiger partial charge in [-0.2, -0.15) is 0 Å². The van der Waals surface area contributed by atoms with Crippen LogP contribution in [0.4, 0.5) is 4.39 Å². The van der Waals surface area contributed by atoms with Gasteiger partial charge in [0.05, 0.1) is 6.10 Å². The van der Waals surface area contributed by atoms with Crippen molar-refractivity contribution in [2.24, 2.45) is 0 Å². The highest BCUT2D eigenvalue weighted by Gasteiger charge is 2.35. The first-order chi connectivity index (χ1) is 10.8. The number of benzene rings is 2. The number of hydrogen-bond acceptors (Lipinski definition) is 2. The monoisotopic (exact) mass is 314 g/mol. The molecule has 2 nitrogen and oxygen atoms in total. The molecular weight excluding hydrogens is 291 g/mol. The molecule has 0 radical (unpaired) electrons. The first kappa shape index (κ1) is 16.0. The summed E-state index contributed by atoms with van der Waals surface area (Å²) in [5.41, 5.74) is 3.37. The van der Waals surface area contributed by atoms with Crippen molar-refractivity contribution in [2.75, 3.05) is 0 Å². The molecule has 0 unspecified atom stereocenters. The number of ether oxygens (including phenoxy) is 1. The van der Waals surface area contributed by atoms with Gasteiger partial charge in [-0.15, -0.1) is 0 Å². The summed E-state index contributed by atoms with van der Waals surface area (Å²) >= 11 is 0. The van der Waals surface area contributed by atoms with Crippen LogP contribution in [0, 0.1) is 5.82 Å². The van der Waals surface area contributed by atoms with Gasteiger partial charge in [-0.05, 0) is 54.7 Å². The summed E-state index contributed by atoms with van der Waals surface area (Å²) < 4.78 is 19.4. The van der Waals surface area contributed by atoms with Crippen molar-refractivity contribution in [2.45, 2.75) is 51.7 Å². The molecule has 0 fully saturated rings. The van der Waals surface area contributed by atoms with Crippen LogP contribution in [0.15, 0.2) is 36.4 Å². The average molecular weight is 314 g/mol. The van der Waals surface area contributed by atoms with Gasteiger partial charge in [-0.1, -0.05) is 32.0 Å². The SMILES string of the molecule is CC(C)c1cc2c(c(-c3ccc(F)cc3)c1)[C@@H](O)CC(C)(C)O2. The predicted octanol–water partition coefficient (Wildman–Crippen LogP) is 5.21. The number of halogens is 1. The lowest BCUT2D eigenvalue weighted by atomic mass is 9.84. The molecule has 23 heavy (non-hydrogen) atoms. The summed E-state index contributed by atoms with van der Waals surface area (Å²) in [5.74, 6) is 0.810. The maximum Gasteiger partial charge on any atom is 0.126 e. The van der Waals surface area contributed by atoms with Gasteiger partial charge >= 0.3 is 0 Å². The molecule has 122 valence electrons. The van der Waals surface area contributed by atoms with Crippen LogP contribution in [0.5, 0.6) is 5.75 Å². The summed E-state index contributed by atoms with van der Waals surface area (Å²) in [6.45, 7) is 8.22. The Hall–Kier alpha value is -1.87. The normalized spacial score (nSPS) is 19.3. The highest BCUT2D eigenvalue weighted by Crippen LogP contribution is 2.46. The Morgan fingerprint density at radius 1 is 1.17 bits per heavy atom. The number of hydrogen-bond donors (Lipinski definition) is 1. The van der Waals surface area contributed by atoms with Crippen molar-refractivity contribution in [3.8, 4) is 16.9 Å². The zero-order valence-corrected chi connectivity index (χ0v) is 14.1. The van der Waals surface area contributed by atoms with E-state index < -0.39 is 11.7 Å². The third-order valence-corrected chi connectivity index (χ3v) is 4.39. The van der Waals surface area contributed by atoms with E-state index in [-0.39, 0.29) is 5.82 Å². The van der Waals surface area contributed by atoms with Gasteiger partial charge in [0.25, 0.3) is 0 Å². The van der Waals surface area contributed by atoms with Gasteiger partial charge < -0.3 is 9.84 Å². The van der Waals surface area contributed by atoms with E-state index in [1.807, 2.05) is 19.9 Å². The lowest BCUT2D eigenvalue weighted by molar-refractivity contribution is 0.0118. The largest absolute Gasteiger partial charge is 0.487 e. The first-order valence-electron chi connectivity index (χ1n) is 8.08. The number of rotatable bonds is 2. The Kier molecular flexibility index (Phi) is 3.93. The Balaban J connectivity index is 2.22. The quantitative estimate of drug-likeness (QED) is 0.824. The van der Waals surface area contributed by atoms with Gasteiger partial charge in [-0.3, -0.25) is 0 Å². The fourth-order valence-corrected chi connectivity index (χ4v) is 3.18. The number of aliphatic hydroxyl groups is 1. The van der Waals surface area contributed by atoms with E-state index in [4.69, 9.17) is 4.74 Å². The Bertz CT molecular complexity index is 717. The third kappa shape index (κ3) is 3.11. The molecule has 1 aliphatic rings. The summed E-state index contributed by atoms with van der Waals surface area (Å²) in [7, 11) is 0. The van der Waals surface area contributed by atoms with Crippen molar-refractivity contribution < 1.29 is 14.2 Å². The van der Waals surface area contributed by atoms with E-state index in [1.54, 1.807) is 12.1 Å². The second-order valence-electron chi connectivity index (χ2n) is 7.22. The zero-order chi connectivity index (χ0) is 16.8. The smallest absolute Gasteiger partial charge is 0.126 e. The van der Waals surface area contributed by atoms with Crippen LogP contribution >= 0.6 is 0 Å². The summed E-state index contributed by atoms with van der Waals surface area (Å²) in [5, 5.41) is 10.7. The highest BCUT2D eigenvalue weighted by molar-refractivity contribution is 5.72. The van der Waals surface area contributed by atoms with Crippen LogP contribution in [-0.2, 0) is 0 Å². The molecule has 0 amide bonds. The van der Waals surface area contributed by atoms with Crippen molar-refractivity contribution in [1.82, 2.24) is 0 Å². The lowest BCUT2D eigenvalue weighted by Gasteiger charge is -2.37. The minimum absolute atomic E-state index is 0.263. The number of fused-ring (bicyclic) bond motifs is 1. The van der Waals surface area contributed by atoms with Crippen molar-refractivity contribution in [1.29, 1.82) is 0 Å². The fourth-order valence-electron chi connectivity index (χ4n) is 3.18. The van der Waals surface area contributed by atoms with Crippen LogP contribution in [0.3, 0.4) is 0 Å². The maximum atomic E-state index is 13.3. The van der Waals surface area contributed by atoms with Gasteiger partial charge in [-0.25, -0.2) is 4.39 Å². The summed E-state index contributed by atoms with van der Waals surface area (Å²) in [4.78, 5) is 0. The van der Waals surface area contributed by atoms with E-state index in [9.17, 15) is 9.50 Å². The van der Waals surface area contributed by atoms with E-state index in [1.165, 1.54) is 12.1 Å². The third-order valence-electron chi connectivity index (χ3n) is 4.39. The fraction of sp³-hybridized carbons (Fsp3) is 0.400. The van der Waals surface area contributed by atoms with Crippen LogP contribution in [0.25, 0.3) is 11.1 Å². The standard InChI is InChI=1S/C20H23FO2/c1-12(2)14-9-16(13-5-7-15(21)8-6-13)19-17(22)11-20(3,4)23-18(19)10-14/h5-10,12,17,22H,11H2,1-4H3/t17-/m0/s1. The molecule has 0 spiro atoms. The van der Waals surface area contributed by atoms with Gasteiger partial charge in [0.1, 0.15) is 17.2 Å². The van der Waals surface area contributed by atoms with E-state index in [0.29, 0.717) is 12.3 Å². The predicted molar refractivity (Wildman–Crippen MR) is 90.2 cm³/mol. The van der Waals surface area contributed by atoms with Crippen molar-refractivity contribution in [3.63, 3.8) is 0 Å². The molecular formula is C20H23FO2. The summed E-state index contributed by atoms with van der Waals surface area (Å²) in [6.07, 6.45) is -0.0510. The Morgan fingerprint density at radius 3 is 2.43 bits per heavy atom. The van der Waals surface area contributed by atoms with Crippen LogP contribution < -0.4 is 4.74 Å². The molecule has 0 aliphatic carbocycles. The Labute approximate surface area is 136 Å². The molecule has 1 aliphatic heterocycles. The molecule has 0 saturated carbocycles. The molecule has 1 N–H and O–H groups in total. The molecule has 0 aromatic heterocycles. The van der Waals surface area contributed by atoms with Gasteiger partial charge in [0.15, 0.2) is 0 Å². The second kappa shape index (κ2) is 5.64. The van der Waals surface area contributed by atoms with E-state index in [2.05, 4.69) is 19.9 Å².